The monoisotopic (exact) mass is 633 g/mol. The molecule has 0 aliphatic heterocycles. The van der Waals surface area contributed by atoms with E-state index in [1.54, 1.807) is 10.6 Å². The zero-order valence-electron chi connectivity index (χ0n) is 23.5. The number of benzene rings is 2. The summed E-state index contributed by atoms with van der Waals surface area (Å²) in [5.74, 6) is 0.222. The Morgan fingerprint density at radius 2 is 1.84 bits per heavy atom. The number of fused-ring (bicyclic) bond motifs is 1. The first kappa shape index (κ1) is 31.0. The Labute approximate surface area is 256 Å². The first-order valence-electron chi connectivity index (χ1n) is 14.1. The number of alkyl halides is 3. The fraction of sp³-hybridized carbons (Fsp3) is 0.387. The number of Topliss-reactive ketones (excluding diaryl/α,β-unsaturated/α-hetero) is 1. The number of halogens is 4. The third-order valence-corrected chi connectivity index (χ3v) is 8.90. The molecule has 0 unspecified atom stereocenters. The quantitative estimate of drug-likeness (QED) is 0.182. The number of aromatic nitrogens is 2. The van der Waals surface area contributed by atoms with Crippen molar-refractivity contribution < 1.29 is 32.2 Å². The lowest BCUT2D eigenvalue weighted by molar-refractivity contribution is -0.274. The van der Waals surface area contributed by atoms with Gasteiger partial charge in [-0.2, -0.15) is 0 Å². The van der Waals surface area contributed by atoms with Crippen LogP contribution in [0.5, 0.6) is 5.75 Å². The summed E-state index contributed by atoms with van der Waals surface area (Å²) >= 11 is 7.36. The summed E-state index contributed by atoms with van der Waals surface area (Å²) in [5.41, 5.74) is 3.12. The molecule has 2 aromatic heterocycles. The van der Waals surface area contributed by atoms with Crippen LogP contribution < -0.4 is 10.1 Å². The van der Waals surface area contributed by atoms with Crippen LogP contribution in [0.3, 0.4) is 0 Å². The van der Waals surface area contributed by atoms with Crippen molar-refractivity contribution in [3.05, 3.63) is 76.7 Å². The number of carbonyl (C=O) groups excluding carboxylic acids is 2. The van der Waals surface area contributed by atoms with Crippen molar-refractivity contribution in [2.24, 2.45) is 5.92 Å². The summed E-state index contributed by atoms with van der Waals surface area (Å²) in [6.07, 6.45) is 3.61. The summed E-state index contributed by atoms with van der Waals surface area (Å²) < 4.78 is 48.2. The molecule has 0 saturated heterocycles. The molecular formula is C31H31ClF3N3O4S. The van der Waals surface area contributed by atoms with Crippen molar-refractivity contribution >= 4 is 39.6 Å². The van der Waals surface area contributed by atoms with Crippen LogP contribution in [0.15, 0.2) is 54.9 Å². The largest absolute Gasteiger partial charge is 0.573 e. The second-order valence-electron chi connectivity index (χ2n) is 10.6. The minimum Gasteiger partial charge on any atom is -0.404 e. The summed E-state index contributed by atoms with van der Waals surface area (Å²) in [4.78, 5) is 30.8. The Hall–Kier alpha value is -3.41. The lowest BCUT2D eigenvalue weighted by Gasteiger charge is -2.28. The van der Waals surface area contributed by atoms with Gasteiger partial charge in [-0.05, 0) is 73.3 Å². The number of hydrogen-bond donors (Lipinski definition) is 1. The first-order valence-corrected chi connectivity index (χ1v) is 15.3. The first-order chi connectivity index (χ1) is 20.6. The van der Waals surface area contributed by atoms with E-state index < -0.39 is 18.0 Å². The van der Waals surface area contributed by atoms with Crippen molar-refractivity contribution in [1.29, 1.82) is 0 Å². The van der Waals surface area contributed by atoms with Crippen LogP contribution >= 0.6 is 22.9 Å². The molecule has 228 valence electrons. The van der Waals surface area contributed by atoms with E-state index >= 15 is 0 Å². The smallest absolute Gasteiger partial charge is 0.404 e. The molecule has 7 nitrogen and oxygen atoms in total. The molecule has 4 aromatic rings. The maximum absolute atomic E-state index is 12.7. The number of hydrogen-bond acceptors (Lipinski definition) is 6. The molecule has 1 N–H and O–H groups in total. The molecule has 0 atom stereocenters. The van der Waals surface area contributed by atoms with Crippen LogP contribution in [-0.2, 0) is 16.1 Å². The van der Waals surface area contributed by atoms with E-state index in [0.717, 1.165) is 42.2 Å². The number of amides is 1. The van der Waals surface area contributed by atoms with E-state index in [9.17, 15) is 22.8 Å². The molecule has 1 fully saturated rings. The predicted octanol–water partition coefficient (Wildman–Crippen LogP) is 7.81. The van der Waals surface area contributed by atoms with Gasteiger partial charge >= 0.3 is 6.36 Å². The van der Waals surface area contributed by atoms with Crippen LogP contribution in [0.1, 0.15) is 66.6 Å². The van der Waals surface area contributed by atoms with E-state index in [4.69, 9.17) is 16.3 Å². The van der Waals surface area contributed by atoms with E-state index in [1.807, 2.05) is 13.1 Å². The predicted molar refractivity (Wildman–Crippen MR) is 159 cm³/mol. The van der Waals surface area contributed by atoms with Gasteiger partial charge < -0.3 is 14.8 Å². The number of imidazole rings is 1. The number of nitrogens with one attached hydrogen (secondary N) is 1. The van der Waals surface area contributed by atoms with Gasteiger partial charge in [0.25, 0.3) is 5.91 Å². The van der Waals surface area contributed by atoms with Gasteiger partial charge in [-0.25, -0.2) is 4.98 Å². The number of rotatable bonds is 11. The Morgan fingerprint density at radius 1 is 1.09 bits per heavy atom. The minimum absolute atomic E-state index is 0.0569. The van der Waals surface area contributed by atoms with Gasteiger partial charge in [0, 0.05) is 32.0 Å². The molecule has 0 bridgehead atoms. The molecule has 2 aromatic carbocycles. The fourth-order valence-corrected chi connectivity index (χ4v) is 6.60. The van der Waals surface area contributed by atoms with Crippen LogP contribution in [-0.4, -0.2) is 40.7 Å². The molecule has 43 heavy (non-hydrogen) atoms. The van der Waals surface area contributed by atoms with Gasteiger partial charge in [0.2, 0.25) is 0 Å². The molecule has 12 heteroatoms. The van der Waals surface area contributed by atoms with Crippen LogP contribution in [0, 0.1) is 5.92 Å². The zero-order chi connectivity index (χ0) is 30.6. The average molecular weight is 634 g/mol. The lowest BCUT2D eigenvalue weighted by Crippen LogP contribution is -2.23. The molecule has 1 amide bonds. The van der Waals surface area contributed by atoms with Crippen molar-refractivity contribution in [3.8, 4) is 16.2 Å². The summed E-state index contributed by atoms with van der Waals surface area (Å²) in [5, 5.41) is 2.50. The number of thiazole rings is 1. The Bertz CT molecular complexity index is 1550. The Balaban J connectivity index is 1.14. The zero-order valence-corrected chi connectivity index (χ0v) is 25.0. The van der Waals surface area contributed by atoms with Crippen LogP contribution in [0.4, 0.5) is 13.2 Å². The second-order valence-corrected chi connectivity index (χ2v) is 12.0. The molecular weight excluding hydrogens is 603 g/mol. The standard InChI is InChI=1S/C31H31ClF3N3O4S/c1-2-41-18-24(39)13-19-3-6-21(7-4-19)22-8-10-23(11-9-22)28-17-38-16-26(37-30(38)43-28)29(40)36-15-20-5-12-27(25(32)14-20)42-31(33,34)35/h5,8-12,14,16-17,19,21H,2-4,6-7,13,15,18H2,1H3,(H,36,40). The summed E-state index contributed by atoms with van der Waals surface area (Å²) in [6, 6.07) is 12.4. The molecule has 0 radical (unpaired) electrons. The molecule has 1 aliphatic carbocycles. The molecule has 5 rings (SSSR count). The van der Waals surface area contributed by atoms with Crippen molar-refractivity contribution in [3.63, 3.8) is 0 Å². The third kappa shape index (κ3) is 8.16. The van der Waals surface area contributed by atoms with Gasteiger partial charge in [0.1, 0.15) is 18.1 Å². The van der Waals surface area contributed by atoms with Gasteiger partial charge in [-0.1, -0.05) is 53.3 Å². The van der Waals surface area contributed by atoms with E-state index in [-0.39, 0.29) is 29.7 Å². The molecule has 1 saturated carbocycles. The normalized spacial score (nSPS) is 17.2. The highest BCUT2D eigenvalue weighted by atomic mass is 35.5. The molecule has 2 heterocycles. The SMILES string of the molecule is CCOCC(=O)CC1CCC(c2ccc(-c3cn4cc(C(=O)NCc5ccc(OC(F)(F)F)c(Cl)c5)nc4s3)cc2)CC1. The maximum atomic E-state index is 12.7. The van der Waals surface area contributed by atoms with Gasteiger partial charge in [0.15, 0.2) is 10.7 Å². The second kappa shape index (κ2) is 13.5. The van der Waals surface area contributed by atoms with Gasteiger partial charge in [-0.3, -0.25) is 14.0 Å². The highest BCUT2D eigenvalue weighted by Gasteiger charge is 2.32. The van der Waals surface area contributed by atoms with Gasteiger partial charge in [0.05, 0.1) is 9.90 Å². The molecule has 0 spiro atoms. The minimum atomic E-state index is -4.84. The number of ether oxygens (including phenoxy) is 2. The van der Waals surface area contributed by atoms with Crippen LogP contribution in [0.25, 0.3) is 15.4 Å². The Kier molecular flexibility index (Phi) is 9.73. The highest BCUT2D eigenvalue weighted by molar-refractivity contribution is 7.20. The van der Waals surface area contributed by atoms with Gasteiger partial charge in [-0.15, -0.1) is 13.2 Å². The van der Waals surface area contributed by atoms with Crippen molar-refractivity contribution in [2.45, 2.75) is 57.9 Å². The summed E-state index contributed by atoms with van der Waals surface area (Å²) in [7, 11) is 0. The lowest BCUT2D eigenvalue weighted by atomic mass is 9.77. The number of ketones is 1. The van der Waals surface area contributed by atoms with E-state index in [0.29, 0.717) is 35.4 Å². The maximum Gasteiger partial charge on any atom is 0.573 e. The highest BCUT2D eigenvalue weighted by Crippen LogP contribution is 2.38. The Morgan fingerprint density at radius 3 is 2.49 bits per heavy atom. The average Bonchev–Trinajstić information content (AvgIpc) is 3.56. The van der Waals surface area contributed by atoms with E-state index in [1.165, 1.54) is 29.0 Å². The fourth-order valence-electron chi connectivity index (χ4n) is 5.39. The number of carbonyl (C=O) groups is 2. The topological polar surface area (TPSA) is 81.9 Å². The summed E-state index contributed by atoms with van der Waals surface area (Å²) in [6.45, 7) is 2.74. The van der Waals surface area contributed by atoms with Crippen molar-refractivity contribution in [2.75, 3.05) is 13.2 Å². The number of nitrogens with zero attached hydrogens (tertiary/aromatic N) is 2. The van der Waals surface area contributed by atoms with E-state index in [2.05, 4.69) is 39.3 Å². The molecule has 1 aliphatic rings. The third-order valence-electron chi connectivity index (χ3n) is 7.56. The van der Waals surface area contributed by atoms with Crippen molar-refractivity contribution in [1.82, 2.24) is 14.7 Å². The van der Waals surface area contributed by atoms with Crippen LogP contribution in [0.2, 0.25) is 5.02 Å².